The SMILES string of the molecule is O=C(NCc1cc(Cl)nc(-c2ccc(OC(F)F)cc2)c1)C1CCCN1S(=O)(=O)c1ccc(F)cc1. The number of carbonyl (C=O) groups is 1. The number of nitrogens with one attached hydrogen (secondary N) is 1. The number of hydrogen-bond acceptors (Lipinski definition) is 5. The molecule has 7 nitrogen and oxygen atoms in total. The highest BCUT2D eigenvalue weighted by molar-refractivity contribution is 7.89. The molecular formula is C24H21ClF3N3O4S. The summed E-state index contributed by atoms with van der Waals surface area (Å²) < 4.78 is 69.5. The third kappa shape index (κ3) is 5.97. The van der Waals surface area contributed by atoms with Crippen molar-refractivity contribution in [3.05, 3.63) is 77.2 Å². The van der Waals surface area contributed by atoms with Crippen molar-refractivity contribution in [2.75, 3.05) is 6.54 Å². The van der Waals surface area contributed by atoms with Crippen molar-refractivity contribution in [1.29, 1.82) is 0 Å². The second kappa shape index (κ2) is 10.9. The van der Waals surface area contributed by atoms with Crippen molar-refractivity contribution in [3.63, 3.8) is 0 Å². The van der Waals surface area contributed by atoms with Crippen LogP contribution in [0.1, 0.15) is 18.4 Å². The minimum absolute atomic E-state index is 0.0000257. The van der Waals surface area contributed by atoms with Gasteiger partial charge in [-0.15, -0.1) is 0 Å². The summed E-state index contributed by atoms with van der Waals surface area (Å²) in [5, 5.41) is 2.90. The number of sulfonamides is 1. The number of halogens is 4. The van der Waals surface area contributed by atoms with Crippen LogP contribution in [0.5, 0.6) is 5.75 Å². The molecule has 190 valence electrons. The number of nitrogens with zero attached hydrogens (tertiary/aromatic N) is 2. The van der Waals surface area contributed by atoms with Crippen LogP contribution < -0.4 is 10.1 Å². The zero-order valence-corrected chi connectivity index (χ0v) is 20.3. The Hall–Kier alpha value is -3.15. The molecule has 1 aliphatic rings. The van der Waals surface area contributed by atoms with Crippen molar-refractivity contribution < 1.29 is 31.1 Å². The number of hydrogen-bond donors (Lipinski definition) is 1. The van der Waals surface area contributed by atoms with Crippen LogP contribution in [0.3, 0.4) is 0 Å². The molecule has 4 rings (SSSR count). The van der Waals surface area contributed by atoms with Gasteiger partial charge in [-0.05, 0) is 79.1 Å². The van der Waals surface area contributed by atoms with Gasteiger partial charge in [0.1, 0.15) is 22.8 Å². The number of rotatable bonds is 8. The highest BCUT2D eigenvalue weighted by Gasteiger charge is 2.39. The predicted molar refractivity (Wildman–Crippen MR) is 126 cm³/mol. The standard InChI is InChI=1S/C24H21ClF3N3O4S/c25-22-13-15(12-20(30-22)16-3-7-18(8-4-16)35-24(27)28)14-29-23(32)21-2-1-11-31(21)36(33,34)19-9-5-17(26)6-10-19/h3-10,12-13,21,24H,1-2,11,14H2,(H,29,32). The normalized spacial score (nSPS) is 16.3. The number of pyridine rings is 1. The van der Waals surface area contributed by atoms with E-state index in [1.807, 2.05) is 0 Å². The van der Waals surface area contributed by atoms with Crippen LogP contribution >= 0.6 is 11.6 Å². The van der Waals surface area contributed by atoms with E-state index in [9.17, 15) is 26.4 Å². The molecule has 12 heteroatoms. The summed E-state index contributed by atoms with van der Waals surface area (Å²) >= 11 is 6.14. The van der Waals surface area contributed by atoms with Crippen molar-refractivity contribution in [2.24, 2.45) is 0 Å². The van der Waals surface area contributed by atoms with Gasteiger partial charge in [0.2, 0.25) is 15.9 Å². The number of aromatic nitrogens is 1. The third-order valence-corrected chi connectivity index (χ3v) is 7.74. The molecule has 1 amide bonds. The van der Waals surface area contributed by atoms with Crippen molar-refractivity contribution in [2.45, 2.75) is 36.9 Å². The Bertz CT molecular complexity index is 1340. The van der Waals surface area contributed by atoms with Gasteiger partial charge in [-0.3, -0.25) is 4.79 Å². The lowest BCUT2D eigenvalue weighted by atomic mass is 10.1. The molecule has 1 unspecified atom stereocenters. The van der Waals surface area contributed by atoms with Crippen molar-refractivity contribution >= 4 is 27.5 Å². The predicted octanol–water partition coefficient (Wildman–Crippen LogP) is 4.61. The molecule has 1 saturated heterocycles. The highest BCUT2D eigenvalue weighted by atomic mass is 35.5. The van der Waals surface area contributed by atoms with Gasteiger partial charge in [0, 0.05) is 18.7 Å². The Morgan fingerprint density at radius 2 is 1.83 bits per heavy atom. The van der Waals surface area contributed by atoms with E-state index in [0.29, 0.717) is 29.7 Å². The second-order valence-corrected chi connectivity index (χ2v) is 10.3. The van der Waals surface area contributed by atoms with Gasteiger partial charge in [0.05, 0.1) is 10.6 Å². The molecule has 0 saturated carbocycles. The molecule has 36 heavy (non-hydrogen) atoms. The summed E-state index contributed by atoms with van der Waals surface area (Å²) in [4.78, 5) is 17.1. The summed E-state index contributed by atoms with van der Waals surface area (Å²) in [6.45, 7) is -2.70. The van der Waals surface area contributed by atoms with Gasteiger partial charge < -0.3 is 10.1 Å². The number of benzene rings is 2. The first-order chi connectivity index (χ1) is 17.1. The number of ether oxygens (including phenoxy) is 1. The molecule has 1 fully saturated rings. The lowest BCUT2D eigenvalue weighted by molar-refractivity contribution is -0.124. The summed E-state index contributed by atoms with van der Waals surface area (Å²) in [5.41, 5.74) is 1.66. The lowest BCUT2D eigenvalue weighted by Crippen LogP contribution is -2.45. The largest absolute Gasteiger partial charge is 0.435 e. The summed E-state index contributed by atoms with van der Waals surface area (Å²) in [5.74, 6) is -1.03. The number of alkyl halides is 2. The van der Waals surface area contributed by atoms with Crippen molar-refractivity contribution in [1.82, 2.24) is 14.6 Å². The zero-order valence-electron chi connectivity index (χ0n) is 18.7. The van der Waals surface area contributed by atoms with Gasteiger partial charge in [-0.1, -0.05) is 11.6 Å². The Labute approximate surface area is 210 Å². The Kier molecular flexibility index (Phi) is 7.82. The summed E-state index contributed by atoms with van der Waals surface area (Å²) in [6, 6.07) is 12.6. The van der Waals surface area contributed by atoms with E-state index < -0.39 is 34.4 Å². The minimum Gasteiger partial charge on any atom is -0.435 e. The van der Waals surface area contributed by atoms with Crippen LogP contribution in [0.4, 0.5) is 13.2 Å². The fraction of sp³-hybridized carbons (Fsp3) is 0.250. The molecule has 0 radical (unpaired) electrons. The van der Waals surface area contributed by atoms with Crippen LogP contribution in [-0.4, -0.2) is 42.8 Å². The fourth-order valence-corrected chi connectivity index (χ4v) is 5.83. The molecular weight excluding hydrogens is 519 g/mol. The van der Waals surface area contributed by atoms with Crippen LogP contribution in [0.2, 0.25) is 5.15 Å². The topological polar surface area (TPSA) is 88.6 Å². The van der Waals surface area contributed by atoms with Crippen LogP contribution in [0.25, 0.3) is 11.3 Å². The highest BCUT2D eigenvalue weighted by Crippen LogP contribution is 2.27. The molecule has 0 aliphatic carbocycles. The molecule has 1 aliphatic heterocycles. The van der Waals surface area contributed by atoms with E-state index in [2.05, 4.69) is 15.0 Å². The first-order valence-electron chi connectivity index (χ1n) is 10.9. The molecule has 1 atom stereocenters. The molecule has 2 aromatic carbocycles. The fourth-order valence-electron chi connectivity index (χ4n) is 3.95. The number of carbonyl (C=O) groups excluding carboxylic acids is 1. The van der Waals surface area contributed by atoms with E-state index in [0.717, 1.165) is 16.4 Å². The van der Waals surface area contributed by atoms with Gasteiger partial charge in [-0.2, -0.15) is 13.1 Å². The van der Waals surface area contributed by atoms with E-state index >= 15 is 0 Å². The quantitative estimate of drug-likeness (QED) is 0.422. The molecule has 0 spiro atoms. The average molecular weight is 540 g/mol. The maximum absolute atomic E-state index is 13.2. The van der Waals surface area contributed by atoms with Gasteiger partial charge in [0.15, 0.2) is 0 Å². The molecule has 2 heterocycles. The van der Waals surface area contributed by atoms with Crippen LogP contribution in [0.15, 0.2) is 65.6 Å². The van der Waals surface area contributed by atoms with E-state index in [-0.39, 0.29) is 28.9 Å². The minimum atomic E-state index is -3.98. The van der Waals surface area contributed by atoms with E-state index in [1.54, 1.807) is 24.3 Å². The summed E-state index contributed by atoms with van der Waals surface area (Å²) in [7, 11) is -3.98. The summed E-state index contributed by atoms with van der Waals surface area (Å²) in [6.07, 6.45) is 0.858. The lowest BCUT2D eigenvalue weighted by Gasteiger charge is -2.23. The van der Waals surface area contributed by atoms with E-state index in [1.165, 1.54) is 24.3 Å². The maximum Gasteiger partial charge on any atom is 0.387 e. The van der Waals surface area contributed by atoms with Crippen LogP contribution in [0, 0.1) is 5.82 Å². The van der Waals surface area contributed by atoms with Gasteiger partial charge in [-0.25, -0.2) is 17.8 Å². The molecule has 1 aromatic heterocycles. The van der Waals surface area contributed by atoms with Gasteiger partial charge >= 0.3 is 6.61 Å². The third-order valence-electron chi connectivity index (χ3n) is 5.62. The molecule has 1 N–H and O–H groups in total. The average Bonchev–Trinajstić information content (AvgIpc) is 3.34. The first-order valence-corrected chi connectivity index (χ1v) is 12.7. The molecule has 3 aromatic rings. The van der Waals surface area contributed by atoms with Crippen molar-refractivity contribution in [3.8, 4) is 17.0 Å². The molecule has 0 bridgehead atoms. The number of amides is 1. The smallest absolute Gasteiger partial charge is 0.387 e. The Morgan fingerprint density at radius 3 is 2.50 bits per heavy atom. The monoisotopic (exact) mass is 539 g/mol. The van der Waals surface area contributed by atoms with E-state index in [4.69, 9.17) is 11.6 Å². The zero-order chi connectivity index (χ0) is 25.9. The Morgan fingerprint density at radius 1 is 1.14 bits per heavy atom. The second-order valence-electron chi connectivity index (χ2n) is 8.03. The van der Waals surface area contributed by atoms with Crippen LogP contribution in [-0.2, 0) is 21.4 Å². The van der Waals surface area contributed by atoms with Gasteiger partial charge in [0.25, 0.3) is 0 Å². The Balaban J connectivity index is 1.46. The maximum atomic E-state index is 13.2. The first kappa shape index (κ1) is 25.9.